The van der Waals surface area contributed by atoms with Crippen molar-refractivity contribution in [2.24, 2.45) is 27.9 Å². The van der Waals surface area contributed by atoms with Gasteiger partial charge >= 0.3 is 11.9 Å². The third-order valence-corrected chi connectivity index (χ3v) is 4.67. The molecule has 0 bridgehead atoms. The molecule has 0 aliphatic heterocycles. The van der Waals surface area contributed by atoms with Crippen molar-refractivity contribution in [3.8, 4) is 0 Å². The van der Waals surface area contributed by atoms with E-state index in [2.05, 4.69) is 20.9 Å². The van der Waals surface area contributed by atoms with Crippen LogP contribution in [0.25, 0.3) is 0 Å². The van der Waals surface area contributed by atoms with Crippen molar-refractivity contribution < 1.29 is 44.1 Å². The van der Waals surface area contributed by atoms with Crippen LogP contribution in [-0.4, -0.2) is 93.7 Å². The van der Waals surface area contributed by atoms with Gasteiger partial charge in [0.25, 0.3) is 0 Å². The molecule has 0 rings (SSSR count). The molecule has 0 aromatic rings. The lowest BCUT2D eigenvalue weighted by Crippen LogP contribution is -2.60. The summed E-state index contributed by atoms with van der Waals surface area (Å²) in [6, 6.07) is -6.05. The zero-order chi connectivity index (χ0) is 28.0. The van der Waals surface area contributed by atoms with Gasteiger partial charge in [0, 0.05) is 13.0 Å². The fourth-order valence-electron chi connectivity index (χ4n) is 2.80. The highest BCUT2D eigenvalue weighted by atomic mass is 16.4. The topological polar surface area (TPSA) is 316 Å². The Hall–Kier alpha value is -3.99. The molecule has 17 heteroatoms. The minimum absolute atomic E-state index is 0.0673. The molecule has 17 nitrogen and oxygen atoms in total. The number of carboxylic acid groups (broad SMARTS) is 2. The average molecular weight is 519 g/mol. The third kappa shape index (κ3) is 13.0. The molecule has 36 heavy (non-hydrogen) atoms. The number of nitrogens with one attached hydrogen (secondary N) is 3. The van der Waals surface area contributed by atoms with Gasteiger partial charge in [0.15, 0.2) is 5.96 Å². The Balaban J connectivity index is 5.49. The van der Waals surface area contributed by atoms with Gasteiger partial charge in [-0.3, -0.25) is 29.0 Å². The molecule has 0 saturated carbocycles. The predicted octanol–water partition coefficient (Wildman–Crippen LogP) is -4.97. The zero-order valence-corrected chi connectivity index (χ0v) is 19.7. The van der Waals surface area contributed by atoms with E-state index in [0.717, 1.165) is 6.92 Å². The first-order valence-corrected chi connectivity index (χ1v) is 10.8. The number of aliphatic hydroxyl groups excluding tert-OH is 1. The van der Waals surface area contributed by atoms with Crippen molar-refractivity contribution in [2.45, 2.75) is 69.3 Å². The Bertz CT molecular complexity index is 845. The predicted molar refractivity (Wildman–Crippen MR) is 124 cm³/mol. The van der Waals surface area contributed by atoms with Crippen LogP contribution >= 0.6 is 0 Å². The van der Waals surface area contributed by atoms with Crippen LogP contribution in [0.2, 0.25) is 0 Å². The largest absolute Gasteiger partial charge is 0.481 e. The molecule has 0 aromatic carbocycles. The summed E-state index contributed by atoms with van der Waals surface area (Å²) in [6.07, 6.45) is -2.82. The summed E-state index contributed by atoms with van der Waals surface area (Å²) in [5.41, 5.74) is 20.9. The van der Waals surface area contributed by atoms with E-state index in [1.54, 1.807) is 0 Å². The van der Waals surface area contributed by atoms with Crippen molar-refractivity contribution in [1.82, 2.24) is 16.0 Å². The molecule has 0 spiro atoms. The van der Waals surface area contributed by atoms with E-state index in [-0.39, 0.29) is 38.2 Å². The highest BCUT2D eigenvalue weighted by Crippen LogP contribution is 2.05. The summed E-state index contributed by atoms with van der Waals surface area (Å²) in [5, 5.41) is 34.6. The number of guanidine groups is 1. The molecule has 5 unspecified atom stereocenters. The second-order valence-corrected chi connectivity index (χ2v) is 7.85. The molecule has 0 aliphatic carbocycles. The number of primary amides is 1. The van der Waals surface area contributed by atoms with E-state index in [1.807, 2.05) is 0 Å². The SMILES string of the molecule is CC(O)C(NC(=O)C(N)CC(=O)O)C(=O)NC(CCC(N)=O)C(=O)NC(CCCN=C(N)N)C(=O)O. The summed E-state index contributed by atoms with van der Waals surface area (Å²) in [7, 11) is 0. The second-order valence-electron chi connectivity index (χ2n) is 7.85. The lowest BCUT2D eigenvalue weighted by Gasteiger charge is -2.26. The molecule has 0 aromatic heterocycles. The molecular weight excluding hydrogens is 484 g/mol. The number of nitrogens with two attached hydrogens (primary N) is 4. The van der Waals surface area contributed by atoms with Crippen LogP contribution in [0.4, 0.5) is 0 Å². The molecule has 4 amide bonds. The number of hydrogen-bond acceptors (Lipinski definition) is 9. The van der Waals surface area contributed by atoms with E-state index in [0.29, 0.717) is 0 Å². The van der Waals surface area contributed by atoms with Crippen LogP contribution < -0.4 is 38.9 Å². The molecule has 0 radical (unpaired) electrons. The maximum absolute atomic E-state index is 12.7. The zero-order valence-electron chi connectivity index (χ0n) is 19.7. The summed E-state index contributed by atoms with van der Waals surface area (Å²) in [5.74, 6) is -6.86. The van der Waals surface area contributed by atoms with Gasteiger partial charge in [-0.25, -0.2) is 4.79 Å². The number of aliphatic hydroxyl groups is 1. The number of hydrogen-bond donors (Lipinski definition) is 10. The van der Waals surface area contributed by atoms with Gasteiger partial charge in [0.05, 0.1) is 18.6 Å². The Morgan fingerprint density at radius 2 is 1.44 bits per heavy atom. The van der Waals surface area contributed by atoms with Gasteiger partial charge in [-0.1, -0.05) is 0 Å². The van der Waals surface area contributed by atoms with Crippen molar-refractivity contribution >= 4 is 41.5 Å². The molecule has 0 aliphatic rings. The minimum Gasteiger partial charge on any atom is -0.481 e. The molecule has 0 fully saturated rings. The van der Waals surface area contributed by atoms with E-state index in [1.165, 1.54) is 0 Å². The number of carbonyl (C=O) groups is 6. The first-order valence-electron chi connectivity index (χ1n) is 10.8. The Labute approximate surface area is 206 Å². The Morgan fingerprint density at radius 1 is 0.861 bits per heavy atom. The van der Waals surface area contributed by atoms with E-state index >= 15 is 0 Å². The summed E-state index contributed by atoms with van der Waals surface area (Å²) >= 11 is 0. The number of carboxylic acids is 2. The molecular formula is C19H34N8O9. The average Bonchev–Trinajstić information content (AvgIpc) is 2.75. The fraction of sp³-hybridized carbons (Fsp3) is 0.632. The molecule has 0 heterocycles. The lowest BCUT2D eigenvalue weighted by molar-refractivity contribution is -0.142. The summed E-state index contributed by atoms with van der Waals surface area (Å²) < 4.78 is 0. The number of carbonyl (C=O) groups excluding carboxylic acids is 4. The number of aliphatic imine (C=N–C) groups is 1. The van der Waals surface area contributed by atoms with Gasteiger partial charge in [0.2, 0.25) is 23.6 Å². The van der Waals surface area contributed by atoms with Gasteiger partial charge in [-0.05, 0) is 26.2 Å². The van der Waals surface area contributed by atoms with Gasteiger partial charge in [0.1, 0.15) is 18.1 Å². The summed E-state index contributed by atoms with van der Waals surface area (Å²) in [6.45, 7) is 1.24. The van der Waals surface area contributed by atoms with Gasteiger partial charge in [-0.2, -0.15) is 0 Å². The molecule has 204 valence electrons. The third-order valence-electron chi connectivity index (χ3n) is 4.67. The monoisotopic (exact) mass is 518 g/mol. The van der Waals surface area contributed by atoms with Gasteiger partial charge < -0.3 is 54.2 Å². The van der Waals surface area contributed by atoms with Crippen LogP contribution in [0.5, 0.6) is 0 Å². The lowest BCUT2D eigenvalue weighted by atomic mass is 10.1. The highest BCUT2D eigenvalue weighted by Gasteiger charge is 2.32. The number of aliphatic carboxylic acids is 2. The number of nitrogens with zero attached hydrogens (tertiary/aromatic N) is 1. The first kappa shape index (κ1) is 32.0. The van der Waals surface area contributed by atoms with Crippen molar-refractivity contribution in [3.05, 3.63) is 0 Å². The number of rotatable bonds is 17. The van der Waals surface area contributed by atoms with Crippen molar-refractivity contribution in [2.75, 3.05) is 6.54 Å². The maximum Gasteiger partial charge on any atom is 0.326 e. The first-order chi connectivity index (χ1) is 16.6. The van der Waals surface area contributed by atoms with Crippen molar-refractivity contribution in [1.29, 1.82) is 0 Å². The maximum atomic E-state index is 12.7. The Kier molecular flexibility index (Phi) is 14.1. The van der Waals surface area contributed by atoms with E-state index in [9.17, 15) is 39.0 Å². The minimum atomic E-state index is -1.66. The van der Waals surface area contributed by atoms with Crippen LogP contribution in [0.3, 0.4) is 0 Å². The van der Waals surface area contributed by atoms with E-state index in [4.69, 9.17) is 28.0 Å². The van der Waals surface area contributed by atoms with Crippen molar-refractivity contribution in [3.63, 3.8) is 0 Å². The standard InChI is InChI=1S/C19H34N8O9/c1-8(28)14(27-15(32)9(20)7-13(30)31)17(34)25-10(4-5-12(21)29)16(33)26-11(18(35)36)3-2-6-24-19(22)23/h8-11,14,28H,2-7,20H2,1H3,(H2,21,29)(H,25,34)(H,26,33)(H,27,32)(H,30,31)(H,35,36)(H4,22,23,24). The van der Waals surface area contributed by atoms with Crippen LogP contribution in [-0.2, 0) is 28.8 Å². The van der Waals surface area contributed by atoms with Crippen LogP contribution in [0, 0.1) is 0 Å². The van der Waals surface area contributed by atoms with Gasteiger partial charge in [-0.15, -0.1) is 0 Å². The molecule has 0 saturated heterocycles. The smallest absolute Gasteiger partial charge is 0.326 e. The summed E-state index contributed by atoms with van der Waals surface area (Å²) in [4.78, 5) is 74.8. The van der Waals surface area contributed by atoms with E-state index < -0.39 is 72.3 Å². The number of amides is 4. The Morgan fingerprint density at radius 3 is 1.92 bits per heavy atom. The highest BCUT2D eigenvalue weighted by molar-refractivity contribution is 5.95. The fourth-order valence-corrected chi connectivity index (χ4v) is 2.80. The molecule has 5 atom stereocenters. The van der Waals surface area contributed by atoms with Crippen LogP contribution in [0.15, 0.2) is 4.99 Å². The normalized spacial score (nSPS) is 14.8. The second kappa shape index (κ2) is 15.8. The van der Waals surface area contributed by atoms with Crippen LogP contribution in [0.1, 0.15) is 39.0 Å². The quantitative estimate of drug-likeness (QED) is 0.0491. The molecule has 14 N–H and O–H groups in total.